The number of H-pyrrole nitrogens is 1. The van der Waals surface area contributed by atoms with E-state index in [-0.39, 0.29) is 4.90 Å². The second-order valence-corrected chi connectivity index (χ2v) is 5.78. The smallest absolute Gasteiger partial charge is 0.322 e. The SMILES string of the molecule is CC(C)C(NS(=O)(=O)c1ccc(=O)[nH]c1)C(=O)O. The lowest BCUT2D eigenvalue weighted by Gasteiger charge is -2.17. The van der Waals surface area contributed by atoms with Gasteiger partial charge in [0, 0.05) is 12.3 Å². The number of pyridine rings is 1. The highest BCUT2D eigenvalue weighted by Gasteiger charge is 2.27. The average molecular weight is 274 g/mol. The molecule has 0 spiro atoms. The summed E-state index contributed by atoms with van der Waals surface area (Å²) in [5.74, 6) is -1.65. The number of nitrogens with one attached hydrogen (secondary N) is 2. The summed E-state index contributed by atoms with van der Waals surface area (Å²) in [4.78, 5) is 23.8. The Bertz CT molecular complexity index is 570. The van der Waals surface area contributed by atoms with Gasteiger partial charge in [-0.1, -0.05) is 13.8 Å². The molecule has 0 aromatic carbocycles. The Balaban J connectivity index is 3.04. The van der Waals surface area contributed by atoms with E-state index in [1.165, 1.54) is 0 Å². The highest BCUT2D eigenvalue weighted by Crippen LogP contribution is 2.09. The minimum Gasteiger partial charge on any atom is -0.480 e. The van der Waals surface area contributed by atoms with Crippen molar-refractivity contribution in [2.24, 2.45) is 5.92 Å². The van der Waals surface area contributed by atoms with E-state index < -0.39 is 33.5 Å². The van der Waals surface area contributed by atoms with Crippen molar-refractivity contribution >= 4 is 16.0 Å². The second-order valence-electron chi connectivity index (χ2n) is 4.07. The molecule has 1 rings (SSSR count). The molecule has 0 bridgehead atoms. The number of carboxylic acids is 1. The largest absolute Gasteiger partial charge is 0.480 e. The summed E-state index contributed by atoms with van der Waals surface area (Å²) < 4.78 is 25.8. The number of aromatic nitrogens is 1. The summed E-state index contributed by atoms with van der Waals surface area (Å²) in [6, 6.07) is 0.946. The van der Waals surface area contributed by atoms with Gasteiger partial charge in [-0.2, -0.15) is 4.72 Å². The molecule has 0 amide bonds. The van der Waals surface area contributed by atoms with Crippen molar-refractivity contribution in [2.75, 3.05) is 0 Å². The van der Waals surface area contributed by atoms with Crippen LogP contribution in [0, 0.1) is 5.92 Å². The fourth-order valence-corrected chi connectivity index (χ4v) is 2.57. The molecule has 0 saturated carbocycles. The minimum absolute atomic E-state index is 0.186. The van der Waals surface area contributed by atoms with Gasteiger partial charge in [0.2, 0.25) is 15.6 Å². The topological polar surface area (TPSA) is 116 Å². The van der Waals surface area contributed by atoms with Gasteiger partial charge in [0.1, 0.15) is 6.04 Å². The molecule has 1 aromatic heterocycles. The Morgan fingerprint density at radius 2 is 2.00 bits per heavy atom. The van der Waals surface area contributed by atoms with Crippen LogP contribution in [0.1, 0.15) is 13.8 Å². The molecule has 0 saturated heterocycles. The number of aliphatic carboxylic acids is 1. The molecule has 18 heavy (non-hydrogen) atoms. The van der Waals surface area contributed by atoms with E-state index in [0.717, 1.165) is 18.3 Å². The Kier molecular flexibility index (Phi) is 4.25. The number of hydrogen-bond acceptors (Lipinski definition) is 4. The molecular formula is C10H14N2O5S. The maximum atomic E-state index is 11.9. The lowest BCUT2D eigenvalue weighted by Crippen LogP contribution is -2.44. The quantitative estimate of drug-likeness (QED) is 0.685. The van der Waals surface area contributed by atoms with Crippen LogP contribution < -0.4 is 10.3 Å². The third-order valence-electron chi connectivity index (χ3n) is 2.28. The maximum Gasteiger partial charge on any atom is 0.322 e. The zero-order chi connectivity index (χ0) is 13.9. The van der Waals surface area contributed by atoms with Gasteiger partial charge in [-0.15, -0.1) is 0 Å². The van der Waals surface area contributed by atoms with Gasteiger partial charge in [-0.3, -0.25) is 9.59 Å². The first-order chi connectivity index (χ1) is 8.24. The van der Waals surface area contributed by atoms with Crippen molar-refractivity contribution in [1.82, 2.24) is 9.71 Å². The van der Waals surface area contributed by atoms with Crippen LogP contribution in [0.3, 0.4) is 0 Å². The lowest BCUT2D eigenvalue weighted by molar-refractivity contribution is -0.140. The highest BCUT2D eigenvalue weighted by atomic mass is 32.2. The third-order valence-corrected chi connectivity index (χ3v) is 3.72. The fraction of sp³-hybridized carbons (Fsp3) is 0.400. The Labute approximate surface area is 104 Å². The van der Waals surface area contributed by atoms with Crippen molar-refractivity contribution in [3.05, 3.63) is 28.7 Å². The molecule has 0 aliphatic heterocycles. The number of sulfonamides is 1. The van der Waals surface area contributed by atoms with E-state index in [0.29, 0.717) is 0 Å². The molecular weight excluding hydrogens is 260 g/mol. The van der Waals surface area contributed by atoms with E-state index >= 15 is 0 Å². The van der Waals surface area contributed by atoms with Crippen molar-refractivity contribution < 1.29 is 18.3 Å². The zero-order valence-corrected chi connectivity index (χ0v) is 10.7. The van der Waals surface area contributed by atoms with Crippen LogP contribution in [0.15, 0.2) is 28.0 Å². The second kappa shape index (κ2) is 5.32. The van der Waals surface area contributed by atoms with Crippen molar-refractivity contribution in [1.29, 1.82) is 0 Å². The van der Waals surface area contributed by atoms with Crippen molar-refractivity contribution in [2.45, 2.75) is 24.8 Å². The van der Waals surface area contributed by atoms with Gasteiger partial charge in [0.05, 0.1) is 4.90 Å². The van der Waals surface area contributed by atoms with Gasteiger partial charge in [-0.05, 0) is 12.0 Å². The van der Waals surface area contributed by atoms with Gasteiger partial charge >= 0.3 is 5.97 Å². The van der Waals surface area contributed by atoms with Crippen LogP contribution in [0.25, 0.3) is 0 Å². The van der Waals surface area contributed by atoms with Crippen molar-refractivity contribution in [3.8, 4) is 0 Å². The first kappa shape index (κ1) is 14.4. The van der Waals surface area contributed by atoms with Crippen molar-refractivity contribution in [3.63, 3.8) is 0 Å². The molecule has 1 aromatic rings. The minimum atomic E-state index is -3.97. The van der Waals surface area contributed by atoms with Crippen LogP contribution in [-0.4, -0.2) is 30.5 Å². The van der Waals surface area contributed by atoms with Crippen LogP contribution in [0.4, 0.5) is 0 Å². The predicted molar refractivity (Wildman–Crippen MR) is 63.6 cm³/mol. The van der Waals surface area contributed by atoms with Gasteiger partial charge in [-0.25, -0.2) is 8.42 Å². The van der Waals surface area contributed by atoms with Crippen LogP contribution >= 0.6 is 0 Å². The first-order valence-corrected chi connectivity index (χ1v) is 6.66. The normalized spacial score (nSPS) is 13.5. The number of carbonyl (C=O) groups is 1. The molecule has 0 fully saturated rings. The summed E-state index contributed by atoms with van der Waals surface area (Å²) in [5.41, 5.74) is -0.437. The summed E-state index contributed by atoms with van der Waals surface area (Å²) >= 11 is 0. The molecule has 0 aliphatic carbocycles. The van der Waals surface area contributed by atoms with Gasteiger partial charge in [0.25, 0.3) is 0 Å². The van der Waals surface area contributed by atoms with E-state index in [1.54, 1.807) is 13.8 Å². The molecule has 1 unspecified atom stereocenters. The van der Waals surface area contributed by atoms with E-state index in [2.05, 4.69) is 9.71 Å². The summed E-state index contributed by atoms with van der Waals surface area (Å²) in [6.07, 6.45) is 1.02. The number of aromatic amines is 1. The molecule has 7 nitrogen and oxygen atoms in total. The number of carboxylic acid groups (broad SMARTS) is 1. The van der Waals surface area contributed by atoms with E-state index in [9.17, 15) is 18.0 Å². The van der Waals surface area contributed by atoms with Gasteiger partial charge < -0.3 is 10.1 Å². The average Bonchev–Trinajstić information content (AvgIpc) is 2.26. The monoisotopic (exact) mass is 274 g/mol. The van der Waals surface area contributed by atoms with Gasteiger partial charge in [0.15, 0.2) is 0 Å². The third kappa shape index (κ3) is 3.41. The molecule has 0 aliphatic rings. The van der Waals surface area contributed by atoms with Crippen LogP contribution in [0.2, 0.25) is 0 Å². The molecule has 1 heterocycles. The summed E-state index contributed by atoms with van der Waals surface area (Å²) in [6.45, 7) is 3.18. The maximum absolute atomic E-state index is 11.9. The Morgan fingerprint density at radius 1 is 1.39 bits per heavy atom. The fourth-order valence-electron chi connectivity index (χ4n) is 1.27. The number of rotatable bonds is 5. The van der Waals surface area contributed by atoms with Crippen LogP contribution in [-0.2, 0) is 14.8 Å². The Hall–Kier alpha value is -1.67. The molecule has 100 valence electrons. The predicted octanol–water partition coefficient (Wildman–Crippen LogP) is -0.238. The molecule has 0 radical (unpaired) electrons. The lowest BCUT2D eigenvalue weighted by atomic mass is 10.1. The summed E-state index contributed by atoms with van der Waals surface area (Å²) in [5, 5.41) is 8.91. The van der Waals surface area contributed by atoms with E-state index in [4.69, 9.17) is 5.11 Å². The zero-order valence-electron chi connectivity index (χ0n) is 9.88. The highest BCUT2D eigenvalue weighted by molar-refractivity contribution is 7.89. The first-order valence-electron chi connectivity index (χ1n) is 5.18. The Morgan fingerprint density at radius 3 is 2.39 bits per heavy atom. The molecule has 3 N–H and O–H groups in total. The standard InChI is InChI=1S/C10H14N2O5S/c1-6(2)9(10(14)15)12-18(16,17)7-3-4-8(13)11-5-7/h3-6,9,12H,1-2H3,(H,11,13)(H,14,15). The molecule has 8 heteroatoms. The number of hydrogen-bond donors (Lipinski definition) is 3. The van der Waals surface area contributed by atoms with E-state index in [1.807, 2.05) is 0 Å². The van der Waals surface area contributed by atoms with Crippen LogP contribution in [0.5, 0.6) is 0 Å². The molecule has 1 atom stereocenters. The summed E-state index contributed by atoms with van der Waals surface area (Å²) in [7, 11) is -3.97.